The highest BCUT2D eigenvalue weighted by atomic mass is 16.6. The molecule has 168 valence electrons. The Morgan fingerprint density at radius 2 is 1.74 bits per heavy atom. The molecule has 0 aromatic heterocycles. The van der Waals surface area contributed by atoms with E-state index in [1.54, 1.807) is 6.08 Å². The SMILES string of the molecule is CC(=O)OCC(C)(O)C(CCc1c(C)ccc2c1C(=O)C(=O)C(C(C)C)=C2)OC(C)=O. The Labute approximate surface area is 182 Å². The van der Waals surface area contributed by atoms with E-state index in [2.05, 4.69) is 0 Å². The van der Waals surface area contributed by atoms with Crippen LogP contribution in [-0.2, 0) is 30.3 Å². The predicted octanol–water partition coefficient (Wildman–Crippen LogP) is 2.98. The molecule has 1 aliphatic carbocycles. The number of allylic oxidation sites excluding steroid dienone is 1. The molecule has 1 aromatic carbocycles. The molecule has 2 unspecified atom stereocenters. The number of aliphatic hydroxyl groups is 1. The van der Waals surface area contributed by atoms with Crippen LogP contribution in [0.4, 0.5) is 0 Å². The van der Waals surface area contributed by atoms with Crippen LogP contribution in [0.1, 0.15) is 68.1 Å². The summed E-state index contributed by atoms with van der Waals surface area (Å²) in [5.74, 6) is -2.27. The minimum absolute atomic E-state index is 0.0703. The van der Waals surface area contributed by atoms with Gasteiger partial charge in [-0.25, -0.2) is 0 Å². The number of Topliss-reactive ketones (excluding diaryl/α,β-unsaturated/α-hetero) is 2. The van der Waals surface area contributed by atoms with Gasteiger partial charge in [0, 0.05) is 25.0 Å². The van der Waals surface area contributed by atoms with E-state index in [4.69, 9.17) is 9.47 Å². The smallest absolute Gasteiger partial charge is 0.303 e. The number of ketones is 2. The van der Waals surface area contributed by atoms with Gasteiger partial charge in [-0.05, 0) is 55.4 Å². The van der Waals surface area contributed by atoms with Crippen LogP contribution in [-0.4, -0.2) is 46.9 Å². The maximum Gasteiger partial charge on any atom is 0.303 e. The summed E-state index contributed by atoms with van der Waals surface area (Å²) < 4.78 is 10.2. The number of fused-ring (bicyclic) bond motifs is 1. The van der Waals surface area contributed by atoms with E-state index in [1.807, 2.05) is 32.9 Å². The van der Waals surface area contributed by atoms with Crippen LogP contribution in [0.2, 0.25) is 0 Å². The second kappa shape index (κ2) is 9.56. The Hall–Kier alpha value is -2.80. The van der Waals surface area contributed by atoms with Gasteiger partial charge >= 0.3 is 11.9 Å². The summed E-state index contributed by atoms with van der Waals surface area (Å²) in [6.45, 7) is 9.10. The number of hydrogen-bond donors (Lipinski definition) is 1. The maximum atomic E-state index is 12.9. The second-order valence-electron chi connectivity index (χ2n) is 8.51. The lowest BCUT2D eigenvalue weighted by Crippen LogP contribution is -2.46. The van der Waals surface area contributed by atoms with Crippen molar-refractivity contribution in [3.8, 4) is 0 Å². The topological polar surface area (TPSA) is 107 Å². The molecule has 31 heavy (non-hydrogen) atoms. The van der Waals surface area contributed by atoms with Crippen molar-refractivity contribution in [2.75, 3.05) is 6.61 Å². The molecule has 2 atom stereocenters. The molecule has 0 spiro atoms. The van der Waals surface area contributed by atoms with Gasteiger partial charge in [-0.3, -0.25) is 19.2 Å². The highest BCUT2D eigenvalue weighted by molar-refractivity contribution is 6.52. The van der Waals surface area contributed by atoms with Crippen LogP contribution < -0.4 is 0 Å². The van der Waals surface area contributed by atoms with Crippen molar-refractivity contribution in [1.82, 2.24) is 0 Å². The first-order valence-electron chi connectivity index (χ1n) is 10.3. The Morgan fingerprint density at radius 3 is 2.29 bits per heavy atom. The largest absolute Gasteiger partial charge is 0.463 e. The minimum Gasteiger partial charge on any atom is -0.463 e. The molecule has 0 bridgehead atoms. The summed E-state index contributed by atoms with van der Waals surface area (Å²) in [6, 6.07) is 3.70. The Bertz CT molecular complexity index is 937. The van der Waals surface area contributed by atoms with E-state index < -0.39 is 35.2 Å². The van der Waals surface area contributed by atoms with Gasteiger partial charge in [-0.15, -0.1) is 0 Å². The number of ether oxygens (including phenoxy) is 2. The van der Waals surface area contributed by atoms with Crippen molar-refractivity contribution in [3.63, 3.8) is 0 Å². The maximum absolute atomic E-state index is 12.9. The molecule has 7 nitrogen and oxygen atoms in total. The quantitative estimate of drug-likeness (QED) is 0.499. The number of esters is 2. The van der Waals surface area contributed by atoms with Crippen LogP contribution in [0.25, 0.3) is 6.08 Å². The molecule has 0 amide bonds. The molecule has 1 N–H and O–H groups in total. The summed E-state index contributed by atoms with van der Waals surface area (Å²) in [5.41, 5.74) is 1.40. The number of hydrogen-bond acceptors (Lipinski definition) is 7. The van der Waals surface area contributed by atoms with Gasteiger partial charge in [-0.2, -0.15) is 0 Å². The van der Waals surface area contributed by atoms with E-state index in [-0.39, 0.29) is 25.4 Å². The molecular formula is C24H30O7. The Morgan fingerprint density at radius 1 is 1.10 bits per heavy atom. The first kappa shape index (κ1) is 24.5. The molecule has 0 saturated heterocycles. The third-order valence-corrected chi connectivity index (χ3v) is 5.43. The fourth-order valence-electron chi connectivity index (χ4n) is 3.70. The summed E-state index contributed by atoms with van der Waals surface area (Å²) in [7, 11) is 0. The first-order chi connectivity index (χ1) is 14.3. The molecule has 0 saturated carbocycles. The highest BCUT2D eigenvalue weighted by Crippen LogP contribution is 2.31. The van der Waals surface area contributed by atoms with E-state index in [0.29, 0.717) is 22.3 Å². The van der Waals surface area contributed by atoms with Crippen molar-refractivity contribution in [2.45, 2.75) is 66.1 Å². The number of carbonyl (C=O) groups excluding carboxylic acids is 4. The van der Waals surface area contributed by atoms with Crippen LogP contribution in [0, 0.1) is 12.8 Å². The number of rotatable bonds is 8. The Balaban J connectivity index is 2.38. The summed E-state index contributed by atoms with van der Waals surface area (Å²) in [4.78, 5) is 48.3. The number of benzene rings is 1. The molecule has 0 aliphatic heterocycles. The van der Waals surface area contributed by atoms with E-state index >= 15 is 0 Å². The zero-order valence-electron chi connectivity index (χ0n) is 18.9. The predicted molar refractivity (Wildman–Crippen MR) is 114 cm³/mol. The molecule has 1 aromatic rings. The van der Waals surface area contributed by atoms with Gasteiger partial charge in [0.2, 0.25) is 11.6 Å². The molecular weight excluding hydrogens is 400 g/mol. The molecule has 7 heteroatoms. The molecule has 0 fully saturated rings. The summed E-state index contributed by atoms with van der Waals surface area (Å²) >= 11 is 0. The summed E-state index contributed by atoms with van der Waals surface area (Å²) in [5, 5.41) is 10.8. The molecule has 0 heterocycles. The van der Waals surface area contributed by atoms with Crippen LogP contribution in [0.15, 0.2) is 17.7 Å². The molecule has 0 radical (unpaired) electrons. The zero-order chi connectivity index (χ0) is 23.5. The fraction of sp³-hybridized carbons (Fsp3) is 0.500. The van der Waals surface area contributed by atoms with Gasteiger partial charge in [0.05, 0.1) is 0 Å². The van der Waals surface area contributed by atoms with Crippen molar-refractivity contribution in [3.05, 3.63) is 40.0 Å². The lowest BCUT2D eigenvalue weighted by Gasteiger charge is -2.32. The van der Waals surface area contributed by atoms with Crippen LogP contribution in [0.5, 0.6) is 0 Å². The van der Waals surface area contributed by atoms with Gasteiger partial charge in [-0.1, -0.05) is 26.0 Å². The zero-order valence-corrected chi connectivity index (χ0v) is 18.9. The average Bonchev–Trinajstić information content (AvgIpc) is 2.66. The van der Waals surface area contributed by atoms with Crippen LogP contribution >= 0.6 is 0 Å². The lowest BCUT2D eigenvalue weighted by molar-refractivity contribution is -0.173. The summed E-state index contributed by atoms with van der Waals surface area (Å²) in [6.07, 6.45) is 1.24. The van der Waals surface area contributed by atoms with Crippen molar-refractivity contribution < 1.29 is 33.8 Å². The monoisotopic (exact) mass is 430 g/mol. The minimum atomic E-state index is -1.62. The standard InChI is InChI=1S/C24H30O7/c1-13(2)19-11-17-8-7-14(3)18(21(17)23(28)22(19)27)9-10-20(31-16(5)26)24(6,29)12-30-15(4)25/h7-8,11,13,20,29H,9-10,12H2,1-6H3. The van der Waals surface area contributed by atoms with Crippen molar-refractivity contribution in [1.29, 1.82) is 0 Å². The lowest BCUT2D eigenvalue weighted by atomic mass is 9.80. The number of aryl methyl sites for hydroxylation is 1. The first-order valence-corrected chi connectivity index (χ1v) is 10.3. The normalized spacial score (nSPS) is 16.3. The van der Waals surface area contributed by atoms with E-state index in [9.17, 15) is 24.3 Å². The van der Waals surface area contributed by atoms with E-state index in [1.165, 1.54) is 20.8 Å². The molecule has 1 aliphatic rings. The van der Waals surface area contributed by atoms with E-state index in [0.717, 1.165) is 5.56 Å². The third kappa shape index (κ3) is 5.67. The number of carbonyl (C=O) groups is 4. The van der Waals surface area contributed by atoms with Crippen molar-refractivity contribution in [2.24, 2.45) is 5.92 Å². The van der Waals surface area contributed by atoms with Gasteiger partial charge in [0.25, 0.3) is 0 Å². The average molecular weight is 430 g/mol. The van der Waals surface area contributed by atoms with Crippen molar-refractivity contribution >= 4 is 29.6 Å². The second-order valence-corrected chi connectivity index (χ2v) is 8.51. The van der Waals surface area contributed by atoms with Crippen LogP contribution in [0.3, 0.4) is 0 Å². The molecule has 2 rings (SSSR count). The van der Waals surface area contributed by atoms with Gasteiger partial charge in [0.1, 0.15) is 18.3 Å². The highest BCUT2D eigenvalue weighted by Gasteiger charge is 2.37. The van der Waals surface area contributed by atoms with Gasteiger partial charge < -0.3 is 14.6 Å². The fourth-order valence-corrected chi connectivity index (χ4v) is 3.70. The van der Waals surface area contributed by atoms with Gasteiger partial charge in [0.15, 0.2) is 0 Å². The Kier molecular flexibility index (Phi) is 7.54. The third-order valence-electron chi connectivity index (χ3n) is 5.43.